The predicted molar refractivity (Wildman–Crippen MR) is 296 cm³/mol. The Balaban J connectivity index is 1.31. The largest absolute Gasteiger partial charge is 0.394 e. The van der Waals surface area contributed by atoms with Crippen LogP contribution in [0.3, 0.4) is 0 Å². The maximum absolute atomic E-state index is 13.2. The molecule has 19 heteroatoms. The van der Waals surface area contributed by atoms with Crippen LogP contribution in [0.2, 0.25) is 0 Å². The monoisotopic (exact) mass is 1120 g/mol. The van der Waals surface area contributed by atoms with E-state index >= 15 is 0 Å². The van der Waals surface area contributed by atoms with Crippen molar-refractivity contribution in [3.63, 3.8) is 0 Å². The summed E-state index contributed by atoms with van der Waals surface area (Å²) >= 11 is 0. The van der Waals surface area contributed by atoms with E-state index in [4.69, 9.17) is 28.4 Å². The number of carbonyl (C=O) groups excluding carboxylic acids is 1. The molecule has 19 nitrogen and oxygen atoms in total. The van der Waals surface area contributed by atoms with Gasteiger partial charge in [-0.3, -0.25) is 4.79 Å². The third-order valence-electron chi connectivity index (χ3n) is 15.5. The fourth-order valence-electron chi connectivity index (χ4n) is 10.5. The van der Waals surface area contributed by atoms with Crippen LogP contribution in [0.1, 0.15) is 213 Å². The first-order valence-corrected chi connectivity index (χ1v) is 30.6. The first-order chi connectivity index (χ1) is 37.8. The van der Waals surface area contributed by atoms with Crippen LogP contribution in [0, 0.1) is 0 Å². The highest BCUT2D eigenvalue weighted by atomic mass is 16.8. The van der Waals surface area contributed by atoms with Gasteiger partial charge in [0.15, 0.2) is 18.9 Å². The first-order valence-electron chi connectivity index (χ1n) is 30.6. The Morgan fingerprint density at radius 1 is 0.462 bits per heavy atom. The molecule has 17 unspecified atom stereocenters. The normalized spacial score (nSPS) is 30.6. The highest BCUT2D eigenvalue weighted by molar-refractivity contribution is 5.76. The molecule has 12 N–H and O–H groups in total. The van der Waals surface area contributed by atoms with Crippen molar-refractivity contribution in [1.82, 2.24) is 5.32 Å². The van der Waals surface area contributed by atoms with Gasteiger partial charge in [-0.05, 0) is 44.9 Å². The van der Waals surface area contributed by atoms with Gasteiger partial charge < -0.3 is 89.9 Å². The fraction of sp³-hybridized carbons (Fsp3) is 0.915. The Labute approximate surface area is 467 Å². The molecule has 3 rings (SSSR count). The van der Waals surface area contributed by atoms with Gasteiger partial charge >= 0.3 is 0 Å². The summed E-state index contributed by atoms with van der Waals surface area (Å²) in [4.78, 5) is 13.2. The summed E-state index contributed by atoms with van der Waals surface area (Å²) in [5.41, 5.74) is 0. The Bertz CT molecular complexity index is 1530. The van der Waals surface area contributed by atoms with Crippen molar-refractivity contribution in [2.24, 2.45) is 0 Å². The summed E-state index contributed by atoms with van der Waals surface area (Å²) in [6.45, 7) is 1.64. The minimum atomic E-state index is -1.97. The van der Waals surface area contributed by atoms with Crippen molar-refractivity contribution in [1.29, 1.82) is 0 Å². The van der Waals surface area contributed by atoms with Gasteiger partial charge in [-0.25, -0.2) is 0 Å². The maximum Gasteiger partial charge on any atom is 0.220 e. The molecule has 78 heavy (non-hydrogen) atoms. The van der Waals surface area contributed by atoms with Gasteiger partial charge in [-0.2, -0.15) is 0 Å². The predicted octanol–water partition coefficient (Wildman–Crippen LogP) is 5.54. The summed E-state index contributed by atoms with van der Waals surface area (Å²) in [6, 6.07) is -0.880. The van der Waals surface area contributed by atoms with Gasteiger partial charge in [0, 0.05) is 6.42 Å². The number of nitrogens with one attached hydrogen (secondary N) is 1. The standard InChI is InChI=1S/C59H109NO18/c1-3-5-7-9-10-11-12-13-14-15-16-17-18-19-20-21-22-23-24-25-26-27-28-29-30-31-32-33-35-37-47(65)60-42(43(64)36-34-8-6-4-2)41-73-57-53(71)50(68)55(45(39-62)75-57)78-59-54(72)51(69)56(46(40-63)76-59)77-58-52(70)49(67)48(66)44(38-61)74-58/h12-13,15-16,42-46,48-59,61-64,66-72H,3-11,14,17-41H2,1-2H3,(H,60,65)/b13-12-,16-15-. The number of aliphatic hydroxyl groups is 11. The van der Waals surface area contributed by atoms with E-state index in [2.05, 4.69) is 43.5 Å². The number of allylic oxidation sites excluding steroid dienone is 4. The summed E-state index contributed by atoms with van der Waals surface area (Å²) in [5.74, 6) is -0.251. The van der Waals surface area contributed by atoms with E-state index in [9.17, 15) is 61.0 Å². The second-order valence-electron chi connectivity index (χ2n) is 22.2. The lowest BCUT2D eigenvalue weighted by atomic mass is 9.96. The number of unbranched alkanes of at least 4 members (excludes halogenated alkanes) is 25. The number of hydrogen-bond donors (Lipinski definition) is 12. The fourth-order valence-corrected chi connectivity index (χ4v) is 10.5. The molecule has 0 aliphatic carbocycles. The summed E-state index contributed by atoms with van der Waals surface area (Å²) in [7, 11) is 0. The average molecular weight is 1120 g/mol. The molecule has 17 atom stereocenters. The lowest BCUT2D eigenvalue weighted by Gasteiger charge is -2.48. The third kappa shape index (κ3) is 26.7. The van der Waals surface area contributed by atoms with Crippen LogP contribution in [0.5, 0.6) is 0 Å². The van der Waals surface area contributed by atoms with Crippen molar-refractivity contribution < 1.29 is 89.4 Å². The zero-order chi connectivity index (χ0) is 56.9. The minimum Gasteiger partial charge on any atom is -0.394 e. The highest BCUT2D eigenvalue weighted by Gasteiger charge is 2.53. The van der Waals surface area contributed by atoms with Crippen LogP contribution in [0.15, 0.2) is 24.3 Å². The zero-order valence-corrected chi connectivity index (χ0v) is 47.7. The lowest BCUT2D eigenvalue weighted by Crippen LogP contribution is -2.66. The van der Waals surface area contributed by atoms with Crippen LogP contribution in [0.4, 0.5) is 0 Å². The Morgan fingerprint density at radius 2 is 0.846 bits per heavy atom. The quantitative estimate of drug-likeness (QED) is 0.0263. The minimum absolute atomic E-state index is 0.251. The molecule has 0 aromatic carbocycles. The van der Waals surface area contributed by atoms with E-state index in [-0.39, 0.29) is 18.9 Å². The number of hydrogen-bond acceptors (Lipinski definition) is 18. The molecule has 0 spiro atoms. The molecular formula is C59H109NO18. The van der Waals surface area contributed by atoms with E-state index in [1.807, 2.05) is 0 Å². The molecule has 1 amide bonds. The highest BCUT2D eigenvalue weighted by Crippen LogP contribution is 2.33. The van der Waals surface area contributed by atoms with Crippen LogP contribution >= 0.6 is 0 Å². The van der Waals surface area contributed by atoms with Gasteiger partial charge in [-0.15, -0.1) is 0 Å². The molecule has 3 aliphatic heterocycles. The van der Waals surface area contributed by atoms with Crippen molar-refractivity contribution in [2.45, 2.75) is 317 Å². The van der Waals surface area contributed by atoms with Gasteiger partial charge in [0.2, 0.25) is 5.91 Å². The van der Waals surface area contributed by atoms with Crippen molar-refractivity contribution in [3.05, 3.63) is 24.3 Å². The van der Waals surface area contributed by atoms with Crippen molar-refractivity contribution in [2.75, 3.05) is 26.4 Å². The van der Waals surface area contributed by atoms with E-state index in [0.29, 0.717) is 19.3 Å². The molecular weight excluding hydrogens is 1010 g/mol. The molecule has 3 heterocycles. The first kappa shape index (κ1) is 70.5. The lowest BCUT2D eigenvalue weighted by molar-refractivity contribution is -0.379. The van der Waals surface area contributed by atoms with Gasteiger partial charge in [0.05, 0.1) is 38.6 Å². The number of carbonyl (C=O) groups is 1. The maximum atomic E-state index is 13.2. The third-order valence-corrected chi connectivity index (χ3v) is 15.5. The van der Waals surface area contributed by atoms with E-state index in [1.54, 1.807) is 0 Å². The van der Waals surface area contributed by atoms with E-state index < -0.39 is 124 Å². The molecule has 3 saturated heterocycles. The Morgan fingerprint density at radius 3 is 1.31 bits per heavy atom. The number of rotatable bonds is 45. The van der Waals surface area contributed by atoms with Crippen molar-refractivity contribution in [3.8, 4) is 0 Å². The molecule has 0 saturated carbocycles. The van der Waals surface area contributed by atoms with Crippen LogP contribution in [-0.4, -0.2) is 193 Å². The van der Waals surface area contributed by atoms with Crippen LogP contribution < -0.4 is 5.32 Å². The number of amides is 1. The van der Waals surface area contributed by atoms with E-state index in [0.717, 1.165) is 44.9 Å². The smallest absolute Gasteiger partial charge is 0.220 e. The van der Waals surface area contributed by atoms with Crippen LogP contribution in [-0.2, 0) is 33.2 Å². The topological polar surface area (TPSA) is 307 Å². The summed E-state index contributed by atoms with van der Waals surface area (Å²) in [5, 5.41) is 119. The molecule has 0 radical (unpaired) electrons. The molecule has 458 valence electrons. The van der Waals surface area contributed by atoms with E-state index in [1.165, 1.54) is 128 Å². The number of aliphatic hydroxyl groups excluding tert-OH is 11. The molecule has 0 aromatic rings. The Kier molecular flexibility index (Phi) is 38.9. The second-order valence-corrected chi connectivity index (χ2v) is 22.2. The SMILES string of the molecule is CCCCCCC/C=C\C/C=C\CCCCCCCCCCCCCCCCCCCC(=O)NC(COC1OC(CO)C(OC2OC(CO)C(OC3OC(CO)C(O)C(O)C3O)C(O)C2O)C(O)C1O)C(O)CCCCCC. The average Bonchev–Trinajstić information content (AvgIpc) is 3.48. The van der Waals surface area contributed by atoms with Crippen molar-refractivity contribution >= 4 is 5.91 Å². The molecule has 0 bridgehead atoms. The van der Waals surface area contributed by atoms with Gasteiger partial charge in [0.1, 0.15) is 73.2 Å². The summed E-state index contributed by atoms with van der Waals surface area (Å²) in [6.07, 6.45) is 18.1. The van der Waals surface area contributed by atoms with Gasteiger partial charge in [0.25, 0.3) is 0 Å². The summed E-state index contributed by atoms with van der Waals surface area (Å²) < 4.78 is 34.1. The molecule has 0 aromatic heterocycles. The van der Waals surface area contributed by atoms with Crippen LogP contribution in [0.25, 0.3) is 0 Å². The van der Waals surface area contributed by atoms with Gasteiger partial charge in [-0.1, -0.05) is 186 Å². The zero-order valence-electron chi connectivity index (χ0n) is 47.7. The molecule has 3 fully saturated rings. The number of ether oxygens (including phenoxy) is 6. The molecule has 3 aliphatic rings. The Hall–Kier alpha value is -1.73. The second kappa shape index (κ2) is 43.0.